The zero-order valence-electron chi connectivity index (χ0n) is 20.2. The monoisotopic (exact) mass is 481 g/mol. The molecule has 0 bridgehead atoms. The third-order valence-electron chi connectivity index (χ3n) is 5.35. The minimum atomic E-state index is -0.323. The molecular weight excluding hydrogens is 450 g/mol. The van der Waals surface area contributed by atoms with Crippen molar-refractivity contribution in [1.29, 1.82) is 0 Å². The summed E-state index contributed by atoms with van der Waals surface area (Å²) < 4.78 is 7.08. The number of anilines is 1. The molecule has 9 heteroatoms. The van der Waals surface area contributed by atoms with Crippen LogP contribution in [-0.4, -0.2) is 39.4 Å². The van der Waals surface area contributed by atoms with Crippen molar-refractivity contribution in [3.8, 4) is 5.75 Å². The normalized spacial score (nSPS) is 11.7. The number of carbonyl (C=O) groups is 2. The van der Waals surface area contributed by atoms with E-state index in [0.29, 0.717) is 17.5 Å². The van der Waals surface area contributed by atoms with Crippen LogP contribution in [0.1, 0.15) is 42.4 Å². The maximum absolute atomic E-state index is 12.5. The summed E-state index contributed by atoms with van der Waals surface area (Å²) in [6.45, 7) is 8.45. The first kappa shape index (κ1) is 25.3. The van der Waals surface area contributed by atoms with Crippen molar-refractivity contribution in [2.75, 3.05) is 18.2 Å². The first-order valence-corrected chi connectivity index (χ1v) is 12.1. The third kappa shape index (κ3) is 6.60. The molecule has 1 heterocycles. The van der Waals surface area contributed by atoms with E-state index in [-0.39, 0.29) is 30.0 Å². The van der Waals surface area contributed by atoms with Crippen molar-refractivity contribution < 1.29 is 14.3 Å². The van der Waals surface area contributed by atoms with Gasteiger partial charge in [-0.1, -0.05) is 36.0 Å². The molecule has 0 unspecified atom stereocenters. The van der Waals surface area contributed by atoms with Gasteiger partial charge in [0.15, 0.2) is 11.0 Å². The first-order valence-electron chi connectivity index (χ1n) is 11.2. The second-order valence-electron chi connectivity index (χ2n) is 8.05. The van der Waals surface area contributed by atoms with E-state index in [9.17, 15) is 9.59 Å². The molecule has 0 aliphatic carbocycles. The molecule has 2 N–H and O–H groups in total. The summed E-state index contributed by atoms with van der Waals surface area (Å²) >= 11 is 1.32. The minimum Gasteiger partial charge on any atom is -0.497 e. The lowest BCUT2D eigenvalue weighted by Gasteiger charge is -2.15. The second kappa shape index (κ2) is 11.7. The van der Waals surface area contributed by atoms with Crippen LogP contribution in [0.5, 0.6) is 5.75 Å². The Morgan fingerprint density at radius 1 is 1.09 bits per heavy atom. The number of amides is 2. The average molecular weight is 482 g/mol. The molecule has 1 atom stereocenters. The number of aromatic nitrogens is 3. The number of nitrogens with one attached hydrogen (secondary N) is 2. The Morgan fingerprint density at radius 2 is 1.82 bits per heavy atom. The van der Waals surface area contributed by atoms with E-state index in [1.807, 2.05) is 74.7 Å². The van der Waals surface area contributed by atoms with Crippen molar-refractivity contribution in [2.24, 2.45) is 0 Å². The minimum absolute atomic E-state index is 0.105. The molecule has 2 aromatic carbocycles. The van der Waals surface area contributed by atoms with Crippen LogP contribution in [0.15, 0.2) is 47.6 Å². The zero-order chi connectivity index (χ0) is 24.7. The fourth-order valence-electron chi connectivity index (χ4n) is 3.50. The Bertz CT molecular complexity index is 1140. The largest absolute Gasteiger partial charge is 0.497 e. The maximum Gasteiger partial charge on any atom is 0.234 e. The highest BCUT2D eigenvalue weighted by atomic mass is 32.2. The molecule has 3 rings (SSSR count). The fourth-order valence-corrected chi connectivity index (χ4v) is 4.31. The van der Waals surface area contributed by atoms with Gasteiger partial charge >= 0.3 is 0 Å². The number of methoxy groups -OCH3 is 1. The summed E-state index contributed by atoms with van der Waals surface area (Å²) in [6.07, 6.45) is 0.259. The van der Waals surface area contributed by atoms with E-state index in [1.165, 1.54) is 11.8 Å². The quantitative estimate of drug-likeness (QED) is 0.424. The van der Waals surface area contributed by atoms with Gasteiger partial charge in [-0.2, -0.15) is 0 Å². The van der Waals surface area contributed by atoms with Gasteiger partial charge < -0.3 is 19.9 Å². The highest BCUT2D eigenvalue weighted by molar-refractivity contribution is 7.99. The van der Waals surface area contributed by atoms with Crippen LogP contribution in [-0.2, 0) is 22.6 Å². The number of carbonyl (C=O) groups excluding carboxylic acids is 2. The molecule has 2 amide bonds. The molecule has 0 saturated carbocycles. The van der Waals surface area contributed by atoms with Crippen LogP contribution in [0.4, 0.5) is 5.69 Å². The van der Waals surface area contributed by atoms with Gasteiger partial charge in [0.05, 0.1) is 25.3 Å². The smallest absolute Gasteiger partial charge is 0.234 e. The van der Waals surface area contributed by atoms with Crippen LogP contribution in [0.25, 0.3) is 0 Å². The molecular formula is C25H31N5O3S. The van der Waals surface area contributed by atoms with Crippen molar-refractivity contribution in [1.82, 2.24) is 20.1 Å². The molecule has 0 saturated heterocycles. The Labute approximate surface area is 204 Å². The van der Waals surface area contributed by atoms with Crippen molar-refractivity contribution >= 4 is 29.3 Å². The van der Waals surface area contributed by atoms with Gasteiger partial charge in [-0.3, -0.25) is 9.59 Å². The van der Waals surface area contributed by atoms with Gasteiger partial charge in [0.1, 0.15) is 5.75 Å². The van der Waals surface area contributed by atoms with E-state index in [2.05, 4.69) is 20.8 Å². The van der Waals surface area contributed by atoms with Crippen molar-refractivity contribution in [2.45, 2.75) is 51.9 Å². The lowest BCUT2D eigenvalue weighted by Crippen LogP contribution is -2.30. The summed E-state index contributed by atoms with van der Waals surface area (Å²) in [5.41, 5.74) is 3.82. The average Bonchev–Trinajstić information content (AvgIpc) is 3.23. The van der Waals surface area contributed by atoms with Gasteiger partial charge in [-0.15, -0.1) is 10.2 Å². The van der Waals surface area contributed by atoms with Gasteiger partial charge in [-0.25, -0.2) is 0 Å². The summed E-state index contributed by atoms with van der Waals surface area (Å²) in [5, 5.41) is 15.1. The lowest BCUT2D eigenvalue weighted by atomic mass is 10.1. The number of thioether (sulfide) groups is 1. The molecule has 34 heavy (non-hydrogen) atoms. The summed E-state index contributed by atoms with van der Waals surface area (Å²) in [4.78, 5) is 25.0. The Balaban J connectivity index is 1.58. The zero-order valence-corrected chi connectivity index (χ0v) is 21.0. The van der Waals surface area contributed by atoms with Crippen molar-refractivity contribution in [3.63, 3.8) is 0 Å². The fraction of sp³-hybridized carbons (Fsp3) is 0.360. The Hall–Kier alpha value is -3.33. The van der Waals surface area contributed by atoms with Crippen LogP contribution in [0, 0.1) is 13.8 Å². The Kier molecular flexibility index (Phi) is 8.70. The molecule has 1 aromatic heterocycles. The van der Waals surface area contributed by atoms with Crippen molar-refractivity contribution in [3.05, 3.63) is 65.0 Å². The number of benzene rings is 2. The van der Waals surface area contributed by atoms with E-state index >= 15 is 0 Å². The molecule has 8 nitrogen and oxygen atoms in total. The van der Waals surface area contributed by atoms with Gasteiger partial charge in [0.25, 0.3) is 0 Å². The molecule has 3 aromatic rings. The highest BCUT2D eigenvalue weighted by Crippen LogP contribution is 2.22. The summed E-state index contributed by atoms with van der Waals surface area (Å²) in [6, 6.07) is 13.0. The van der Waals surface area contributed by atoms with Crippen LogP contribution >= 0.6 is 11.8 Å². The van der Waals surface area contributed by atoms with Gasteiger partial charge in [0.2, 0.25) is 11.8 Å². The number of nitrogens with zero attached hydrogens (tertiary/aromatic N) is 3. The number of rotatable bonds is 10. The molecule has 0 fully saturated rings. The molecule has 0 radical (unpaired) electrons. The number of ether oxygens (including phenoxy) is 1. The second-order valence-corrected chi connectivity index (χ2v) is 9.00. The van der Waals surface area contributed by atoms with Crippen LogP contribution < -0.4 is 15.4 Å². The predicted molar refractivity (Wildman–Crippen MR) is 134 cm³/mol. The van der Waals surface area contributed by atoms with Crippen LogP contribution in [0.2, 0.25) is 0 Å². The molecule has 0 aliphatic heterocycles. The standard InChI is InChI=1S/C25H31N5O3S/c1-6-30-24(18(4)26-22(31)14-19-9-11-20(33-5)12-10-19)28-29-25(30)34-15-23(32)27-21-13-16(2)7-8-17(21)3/h7-13,18H,6,14-15H2,1-5H3,(H,26,31)(H,27,32)/t18-/m0/s1. The summed E-state index contributed by atoms with van der Waals surface area (Å²) in [7, 11) is 1.61. The third-order valence-corrected chi connectivity index (χ3v) is 6.32. The lowest BCUT2D eigenvalue weighted by molar-refractivity contribution is -0.121. The van der Waals surface area contributed by atoms with Gasteiger partial charge in [-0.05, 0) is 62.6 Å². The summed E-state index contributed by atoms with van der Waals surface area (Å²) in [5.74, 6) is 1.41. The Morgan fingerprint density at radius 3 is 2.50 bits per heavy atom. The highest BCUT2D eigenvalue weighted by Gasteiger charge is 2.20. The van der Waals surface area contributed by atoms with E-state index in [1.54, 1.807) is 7.11 Å². The molecule has 0 aliphatic rings. The van der Waals surface area contributed by atoms with Crippen LogP contribution in [0.3, 0.4) is 0 Å². The topological polar surface area (TPSA) is 98.1 Å². The SMILES string of the molecule is CCn1c(SCC(=O)Nc2cc(C)ccc2C)nnc1[C@H](C)NC(=O)Cc1ccc(OC)cc1. The van der Waals surface area contributed by atoms with Gasteiger partial charge in [0, 0.05) is 12.2 Å². The number of hydrogen-bond acceptors (Lipinski definition) is 6. The first-order chi connectivity index (χ1) is 16.3. The van der Waals surface area contributed by atoms with E-state index in [0.717, 1.165) is 28.1 Å². The maximum atomic E-state index is 12.5. The predicted octanol–water partition coefficient (Wildman–Crippen LogP) is 4.07. The molecule has 180 valence electrons. The molecule has 0 spiro atoms. The number of aryl methyl sites for hydroxylation is 2. The van der Waals surface area contributed by atoms with E-state index < -0.39 is 0 Å². The number of hydrogen-bond donors (Lipinski definition) is 2. The van der Waals surface area contributed by atoms with E-state index in [4.69, 9.17) is 4.74 Å².